The van der Waals surface area contributed by atoms with Crippen molar-refractivity contribution in [3.8, 4) is 0 Å². The average molecular weight is 492 g/mol. The lowest BCUT2D eigenvalue weighted by Gasteiger charge is -2.55. The summed E-state index contributed by atoms with van der Waals surface area (Å²) in [5.74, 6) is 0.870. The Labute approximate surface area is 215 Å². The number of nitrogens with zero attached hydrogens (tertiary/aromatic N) is 1. The molecule has 7 rings (SSSR count). The summed E-state index contributed by atoms with van der Waals surface area (Å²) in [4.78, 5) is 15.8. The molecular weight excluding hydrogens is 450 g/mol. The monoisotopic (exact) mass is 491 g/mol. The highest BCUT2D eigenvalue weighted by Crippen LogP contribution is 2.64. The van der Waals surface area contributed by atoms with E-state index in [0.717, 1.165) is 58.0 Å². The fourth-order valence-electron chi connectivity index (χ4n) is 9.15. The summed E-state index contributed by atoms with van der Waals surface area (Å²) in [6, 6.07) is 9.25. The Morgan fingerprint density at radius 2 is 1.72 bits per heavy atom. The molecular formula is C31H41NO4. The molecule has 2 unspecified atom stereocenters. The molecule has 6 aliphatic rings. The third-order valence-corrected chi connectivity index (χ3v) is 11.0. The highest BCUT2D eigenvalue weighted by atomic mass is 16.7. The first kappa shape index (κ1) is 23.4. The van der Waals surface area contributed by atoms with E-state index >= 15 is 0 Å². The molecule has 0 bridgehead atoms. The summed E-state index contributed by atoms with van der Waals surface area (Å²) in [6.45, 7) is 5.79. The third kappa shape index (κ3) is 3.49. The normalized spacial score (nSPS) is 39.8. The second kappa shape index (κ2) is 8.41. The summed E-state index contributed by atoms with van der Waals surface area (Å²) in [5.41, 5.74) is 4.28. The number of anilines is 1. The Kier molecular flexibility index (Phi) is 5.47. The molecule has 2 aliphatic heterocycles. The van der Waals surface area contributed by atoms with Gasteiger partial charge >= 0.3 is 0 Å². The number of rotatable bonds is 2. The van der Waals surface area contributed by atoms with Gasteiger partial charge in [0.25, 0.3) is 0 Å². The van der Waals surface area contributed by atoms with Crippen molar-refractivity contribution in [2.75, 3.05) is 31.2 Å². The number of aliphatic hydroxyl groups is 1. The number of carbonyl (C=O) groups excluding carboxylic acids is 1. The molecule has 1 spiro atoms. The van der Waals surface area contributed by atoms with Gasteiger partial charge in [0.2, 0.25) is 0 Å². The SMILES string of the molecule is C[C@]12CC(c3ccc(N4CCCCC4)cc3)C3=C4CCC5(CC4(O)CC[C@H]3[C@@H]1CCC2=O)OCCO5. The van der Waals surface area contributed by atoms with Crippen LogP contribution >= 0.6 is 0 Å². The van der Waals surface area contributed by atoms with E-state index in [1.165, 1.54) is 41.7 Å². The zero-order valence-electron chi connectivity index (χ0n) is 21.8. The minimum atomic E-state index is -0.850. The molecule has 36 heavy (non-hydrogen) atoms. The van der Waals surface area contributed by atoms with E-state index in [-0.39, 0.29) is 11.3 Å². The first-order chi connectivity index (χ1) is 17.4. The molecule has 1 aromatic carbocycles. The molecule has 0 amide bonds. The van der Waals surface area contributed by atoms with Crippen LogP contribution in [0, 0.1) is 17.3 Å². The minimum absolute atomic E-state index is 0.204. The quantitative estimate of drug-likeness (QED) is 0.553. The van der Waals surface area contributed by atoms with Crippen LogP contribution < -0.4 is 4.90 Å². The van der Waals surface area contributed by atoms with Crippen LogP contribution in [0.3, 0.4) is 0 Å². The van der Waals surface area contributed by atoms with E-state index in [1.54, 1.807) is 0 Å². The van der Waals surface area contributed by atoms with Gasteiger partial charge in [-0.05, 0) is 86.5 Å². The van der Waals surface area contributed by atoms with Gasteiger partial charge in [-0.15, -0.1) is 0 Å². The van der Waals surface area contributed by atoms with Crippen molar-refractivity contribution in [2.45, 2.75) is 94.9 Å². The van der Waals surface area contributed by atoms with Gasteiger partial charge in [-0.3, -0.25) is 4.79 Å². The van der Waals surface area contributed by atoms with Gasteiger partial charge in [0.05, 0.1) is 18.8 Å². The lowest BCUT2D eigenvalue weighted by Crippen LogP contribution is -2.53. The number of carbonyl (C=O) groups is 1. The highest BCUT2D eigenvalue weighted by molar-refractivity contribution is 5.87. The Hall–Kier alpha value is -1.69. The van der Waals surface area contributed by atoms with Gasteiger partial charge in [-0.2, -0.15) is 0 Å². The van der Waals surface area contributed by atoms with E-state index in [2.05, 4.69) is 36.1 Å². The van der Waals surface area contributed by atoms with Gasteiger partial charge < -0.3 is 19.5 Å². The Morgan fingerprint density at radius 1 is 0.972 bits per heavy atom. The molecule has 4 aliphatic carbocycles. The van der Waals surface area contributed by atoms with Crippen LogP contribution in [-0.2, 0) is 14.3 Å². The number of ketones is 1. The number of hydrogen-bond donors (Lipinski definition) is 1. The van der Waals surface area contributed by atoms with E-state index in [4.69, 9.17) is 9.47 Å². The first-order valence-electron chi connectivity index (χ1n) is 14.5. The lowest BCUT2D eigenvalue weighted by atomic mass is 9.51. The van der Waals surface area contributed by atoms with Crippen LogP contribution in [0.2, 0.25) is 0 Å². The van der Waals surface area contributed by atoms with Crippen molar-refractivity contribution in [3.63, 3.8) is 0 Å². The molecule has 5 atom stereocenters. The van der Waals surface area contributed by atoms with Gasteiger partial charge in [0.1, 0.15) is 5.78 Å². The molecule has 5 fully saturated rings. The highest BCUT2D eigenvalue weighted by Gasteiger charge is 2.60. The number of benzene rings is 1. The maximum absolute atomic E-state index is 13.3. The number of piperidine rings is 1. The number of hydrogen-bond acceptors (Lipinski definition) is 5. The molecule has 2 heterocycles. The summed E-state index contributed by atoms with van der Waals surface area (Å²) in [7, 11) is 0. The number of ether oxygens (including phenoxy) is 2. The third-order valence-electron chi connectivity index (χ3n) is 11.0. The van der Waals surface area contributed by atoms with E-state index in [9.17, 15) is 9.90 Å². The fraction of sp³-hybridized carbons (Fsp3) is 0.710. The van der Waals surface area contributed by atoms with Crippen molar-refractivity contribution >= 4 is 11.5 Å². The number of allylic oxidation sites excluding steroid dienone is 1. The molecule has 2 saturated heterocycles. The second-order valence-corrected chi connectivity index (χ2v) is 12.8. The molecule has 0 radical (unpaired) electrons. The maximum Gasteiger partial charge on any atom is 0.171 e. The largest absolute Gasteiger partial charge is 0.385 e. The number of Topliss-reactive ketones (excluding diaryl/α,β-unsaturated/α-hetero) is 1. The second-order valence-electron chi connectivity index (χ2n) is 12.8. The van der Waals surface area contributed by atoms with E-state index in [1.807, 2.05) is 0 Å². The Bertz CT molecular complexity index is 1070. The first-order valence-corrected chi connectivity index (χ1v) is 14.5. The van der Waals surface area contributed by atoms with Gasteiger partial charge in [-0.25, -0.2) is 0 Å². The van der Waals surface area contributed by atoms with Crippen LogP contribution in [0.15, 0.2) is 35.4 Å². The average Bonchev–Trinajstić information content (AvgIpc) is 3.47. The summed E-state index contributed by atoms with van der Waals surface area (Å²) >= 11 is 0. The summed E-state index contributed by atoms with van der Waals surface area (Å²) in [6.07, 6.45) is 10.4. The van der Waals surface area contributed by atoms with Crippen LogP contribution in [0.1, 0.15) is 89.0 Å². The minimum Gasteiger partial charge on any atom is -0.385 e. The zero-order chi connectivity index (χ0) is 24.5. The van der Waals surface area contributed by atoms with Crippen LogP contribution in [-0.4, -0.2) is 48.6 Å². The van der Waals surface area contributed by atoms with Crippen molar-refractivity contribution in [1.82, 2.24) is 0 Å². The standard InChI is InChI=1S/C31H41NO4/c1-29-19-24(21-5-7-22(8-6-21)32-15-3-2-4-16-32)28-23(25(29)9-10-27(29)33)11-13-30(34)20-31(14-12-26(28)30)35-17-18-36-31/h5-8,23-25,34H,2-4,9-20H2,1H3/t23-,24?,25-,29-,30?/m0/s1. The van der Waals surface area contributed by atoms with E-state index < -0.39 is 11.4 Å². The fourth-order valence-corrected chi connectivity index (χ4v) is 9.15. The topological polar surface area (TPSA) is 59.0 Å². The zero-order valence-corrected chi connectivity index (χ0v) is 21.8. The molecule has 194 valence electrons. The van der Waals surface area contributed by atoms with E-state index in [0.29, 0.717) is 37.3 Å². The Morgan fingerprint density at radius 3 is 2.47 bits per heavy atom. The van der Waals surface area contributed by atoms with Gasteiger partial charge in [0.15, 0.2) is 5.79 Å². The van der Waals surface area contributed by atoms with Crippen LogP contribution in [0.25, 0.3) is 0 Å². The van der Waals surface area contributed by atoms with Gasteiger partial charge in [0, 0.05) is 49.4 Å². The van der Waals surface area contributed by atoms with Crippen molar-refractivity contribution in [2.24, 2.45) is 17.3 Å². The number of fused-ring (bicyclic) bond motifs is 4. The van der Waals surface area contributed by atoms with Crippen LogP contribution in [0.5, 0.6) is 0 Å². The summed E-state index contributed by atoms with van der Waals surface area (Å²) < 4.78 is 12.1. The Balaban J connectivity index is 1.29. The lowest BCUT2D eigenvalue weighted by molar-refractivity contribution is -0.208. The van der Waals surface area contributed by atoms with Crippen molar-refractivity contribution < 1.29 is 19.4 Å². The van der Waals surface area contributed by atoms with Crippen molar-refractivity contribution in [3.05, 3.63) is 41.0 Å². The molecule has 5 heteroatoms. The predicted molar refractivity (Wildman–Crippen MR) is 139 cm³/mol. The van der Waals surface area contributed by atoms with Crippen LogP contribution in [0.4, 0.5) is 5.69 Å². The van der Waals surface area contributed by atoms with Crippen molar-refractivity contribution in [1.29, 1.82) is 0 Å². The summed E-state index contributed by atoms with van der Waals surface area (Å²) in [5, 5.41) is 12.1. The molecule has 1 aromatic rings. The van der Waals surface area contributed by atoms with Gasteiger partial charge in [-0.1, -0.05) is 24.6 Å². The molecule has 5 nitrogen and oxygen atoms in total. The molecule has 3 saturated carbocycles. The molecule has 0 aromatic heterocycles. The molecule has 1 N–H and O–H groups in total. The predicted octanol–water partition coefficient (Wildman–Crippen LogP) is 5.51. The maximum atomic E-state index is 13.3. The smallest absolute Gasteiger partial charge is 0.171 e.